The Morgan fingerprint density at radius 2 is 1.79 bits per heavy atom. The van der Waals surface area contributed by atoms with Crippen LogP contribution in [0.1, 0.15) is 29.9 Å². The lowest BCUT2D eigenvalue weighted by atomic mass is 10.1. The van der Waals surface area contributed by atoms with Crippen molar-refractivity contribution in [1.82, 2.24) is 4.57 Å². The Hall–Kier alpha value is -2.03. The van der Waals surface area contributed by atoms with Gasteiger partial charge in [0, 0.05) is 12.2 Å². The highest BCUT2D eigenvalue weighted by molar-refractivity contribution is 5.87. The molecule has 0 amide bonds. The first-order chi connectivity index (χ1) is 8.99. The van der Waals surface area contributed by atoms with Gasteiger partial charge in [-0.25, -0.2) is 4.79 Å². The van der Waals surface area contributed by atoms with Crippen LogP contribution in [-0.4, -0.2) is 15.6 Å². The number of carboxylic acids is 1. The van der Waals surface area contributed by atoms with Crippen molar-refractivity contribution in [2.75, 3.05) is 0 Å². The van der Waals surface area contributed by atoms with Crippen molar-refractivity contribution in [3.63, 3.8) is 0 Å². The summed E-state index contributed by atoms with van der Waals surface area (Å²) in [5.74, 6) is -0.478. The topological polar surface area (TPSA) is 42.2 Å². The van der Waals surface area contributed by atoms with Gasteiger partial charge in [0.2, 0.25) is 0 Å². The lowest BCUT2D eigenvalue weighted by Gasteiger charge is -2.14. The molecule has 3 heteroatoms. The zero-order chi connectivity index (χ0) is 14.0. The number of aromatic carboxylic acids is 1. The van der Waals surface area contributed by atoms with Gasteiger partial charge in [-0.3, -0.25) is 0 Å². The molecule has 0 bridgehead atoms. The molecule has 0 aliphatic rings. The summed E-state index contributed by atoms with van der Waals surface area (Å²) in [6.45, 7) is 6.92. The molecule has 0 unspecified atom stereocenters. The Kier molecular flexibility index (Phi) is 3.74. The van der Waals surface area contributed by atoms with Crippen LogP contribution in [0.3, 0.4) is 0 Å². The Morgan fingerprint density at radius 1 is 1.16 bits per heavy atom. The van der Waals surface area contributed by atoms with E-state index in [1.165, 1.54) is 5.56 Å². The zero-order valence-electron chi connectivity index (χ0n) is 11.6. The minimum atomic E-state index is -0.876. The fourth-order valence-electron chi connectivity index (χ4n) is 2.19. The number of nitrogens with zero attached hydrogens (tertiary/aromatic N) is 1. The number of carbonyl (C=O) groups is 1. The van der Waals surface area contributed by atoms with Gasteiger partial charge in [0.25, 0.3) is 0 Å². The summed E-state index contributed by atoms with van der Waals surface area (Å²) in [4.78, 5) is 11.3. The van der Waals surface area contributed by atoms with E-state index in [1.54, 1.807) is 6.07 Å². The molecule has 0 spiro atoms. The van der Waals surface area contributed by atoms with E-state index in [-0.39, 0.29) is 0 Å². The van der Waals surface area contributed by atoms with Crippen LogP contribution in [0.15, 0.2) is 36.4 Å². The molecule has 19 heavy (non-hydrogen) atoms. The Bertz CT molecular complexity index is 579. The van der Waals surface area contributed by atoms with E-state index in [0.29, 0.717) is 18.2 Å². The SMILES string of the molecule is Cc1ccc(-c2ccc(C(=O)O)n2CC(C)C)cc1. The van der Waals surface area contributed by atoms with Gasteiger partial charge in [0.15, 0.2) is 0 Å². The molecule has 0 aliphatic heterocycles. The zero-order valence-corrected chi connectivity index (χ0v) is 11.6. The highest BCUT2D eigenvalue weighted by atomic mass is 16.4. The van der Waals surface area contributed by atoms with Gasteiger partial charge < -0.3 is 9.67 Å². The molecule has 0 fully saturated rings. The van der Waals surface area contributed by atoms with Crippen molar-refractivity contribution in [3.8, 4) is 11.3 Å². The van der Waals surface area contributed by atoms with Crippen molar-refractivity contribution in [2.24, 2.45) is 5.92 Å². The van der Waals surface area contributed by atoms with Crippen LogP contribution < -0.4 is 0 Å². The average molecular weight is 257 g/mol. The smallest absolute Gasteiger partial charge is 0.352 e. The lowest BCUT2D eigenvalue weighted by molar-refractivity contribution is 0.0684. The van der Waals surface area contributed by atoms with Crippen LogP contribution in [0.2, 0.25) is 0 Å². The van der Waals surface area contributed by atoms with Crippen LogP contribution in [0.5, 0.6) is 0 Å². The monoisotopic (exact) mass is 257 g/mol. The number of rotatable bonds is 4. The predicted molar refractivity (Wildman–Crippen MR) is 76.4 cm³/mol. The average Bonchev–Trinajstić information content (AvgIpc) is 2.73. The van der Waals surface area contributed by atoms with E-state index in [2.05, 4.69) is 13.8 Å². The number of aromatic nitrogens is 1. The number of hydrogen-bond acceptors (Lipinski definition) is 1. The van der Waals surface area contributed by atoms with E-state index < -0.39 is 5.97 Å². The summed E-state index contributed by atoms with van der Waals surface area (Å²) in [5.41, 5.74) is 3.57. The first kappa shape index (κ1) is 13.4. The van der Waals surface area contributed by atoms with Gasteiger partial charge >= 0.3 is 5.97 Å². The highest BCUT2D eigenvalue weighted by Gasteiger charge is 2.15. The first-order valence-corrected chi connectivity index (χ1v) is 6.49. The molecule has 0 atom stereocenters. The number of carboxylic acid groups (broad SMARTS) is 1. The maximum Gasteiger partial charge on any atom is 0.352 e. The van der Waals surface area contributed by atoms with Gasteiger partial charge in [-0.1, -0.05) is 43.7 Å². The van der Waals surface area contributed by atoms with Gasteiger partial charge in [-0.2, -0.15) is 0 Å². The van der Waals surface area contributed by atoms with Crippen LogP contribution >= 0.6 is 0 Å². The molecule has 0 aliphatic carbocycles. The van der Waals surface area contributed by atoms with Crippen molar-refractivity contribution < 1.29 is 9.90 Å². The van der Waals surface area contributed by atoms with Gasteiger partial charge in [-0.15, -0.1) is 0 Å². The normalized spacial score (nSPS) is 10.9. The van der Waals surface area contributed by atoms with Crippen molar-refractivity contribution >= 4 is 5.97 Å². The molecule has 2 aromatic rings. The standard InChI is InChI=1S/C16H19NO2/c1-11(2)10-17-14(8-9-15(17)16(18)19)13-6-4-12(3)5-7-13/h4-9,11H,10H2,1-3H3,(H,18,19). The second-order valence-corrected chi connectivity index (χ2v) is 5.28. The first-order valence-electron chi connectivity index (χ1n) is 6.49. The second-order valence-electron chi connectivity index (χ2n) is 5.28. The molecular formula is C16H19NO2. The predicted octanol–water partition coefficient (Wildman–Crippen LogP) is 3.82. The van der Waals surface area contributed by atoms with E-state index in [9.17, 15) is 9.90 Å². The summed E-state index contributed by atoms with van der Waals surface area (Å²) >= 11 is 0. The maximum atomic E-state index is 11.3. The molecule has 2 rings (SSSR count). The molecule has 1 heterocycles. The third kappa shape index (κ3) is 2.87. The van der Waals surface area contributed by atoms with E-state index >= 15 is 0 Å². The largest absolute Gasteiger partial charge is 0.477 e. The number of benzene rings is 1. The van der Waals surface area contributed by atoms with E-state index in [0.717, 1.165) is 11.3 Å². The van der Waals surface area contributed by atoms with Crippen molar-refractivity contribution in [2.45, 2.75) is 27.3 Å². The Labute approximate surface area is 113 Å². The quantitative estimate of drug-likeness (QED) is 0.904. The summed E-state index contributed by atoms with van der Waals surface area (Å²) in [6, 6.07) is 11.7. The maximum absolute atomic E-state index is 11.3. The molecule has 1 aromatic heterocycles. The molecule has 100 valence electrons. The highest BCUT2D eigenvalue weighted by Crippen LogP contribution is 2.24. The molecular weight excluding hydrogens is 238 g/mol. The minimum absolute atomic E-state index is 0.351. The summed E-state index contributed by atoms with van der Waals surface area (Å²) in [7, 11) is 0. The number of aryl methyl sites for hydroxylation is 1. The van der Waals surface area contributed by atoms with Gasteiger partial charge in [0.1, 0.15) is 5.69 Å². The van der Waals surface area contributed by atoms with Crippen LogP contribution in [0, 0.1) is 12.8 Å². The second kappa shape index (κ2) is 5.31. The summed E-state index contributed by atoms with van der Waals surface area (Å²) in [5, 5.41) is 9.26. The van der Waals surface area contributed by atoms with Crippen LogP contribution in [-0.2, 0) is 6.54 Å². The molecule has 1 aromatic carbocycles. The minimum Gasteiger partial charge on any atom is -0.477 e. The van der Waals surface area contributed by atoms with Crippen LogP contribution in [0.4, 0.5) is 0 Å². The fourth-order valence-corrected chi connectivity index (χ4v) is 2.19. The Morgan fingerprint density at radius 3 is 2.32 bits per heavy atom. The lowest BCUT2D eigenvalue weighted by Crippen LogP contribution is -2.13. The van der Waals surface area contributed by atoms with Crippen molar-refractivity contribution in [3.05, 3.63) is 47.7 Å². The van der Waals surface area contributed by atoms with Crippen LogP contribution in [0.25, 0.3) is 11.3 Å². The Balaban J connectivity index is 2.50. The number of hydrogen-bond donors (Lipinski definition) is 1. The van der Waals surface area contributed by atoms with Crippen molar-refractivity contribution in [1.29, 1.82) is 0 Å². The van der Waals surface area contributed by atoms with Gasteiger partial charge in [0.05, 0.1) is 0 Å². The molecule has 1 N–H and O–H groups in total. The molecule has 0 saturated heterocycles. The summed E-state index contributed by atoms with van der Waals surface area (Å²) < 4.78 is 1.89. The third-order valence-corrected chi connectivity index (χ3v) is 3.09. The third-order valence-electron chi connectivity index (χ3n) is 3.09. The molecule has 0 radical (unpaired) electrons. The molecule has 0 saturated carbocycles. The van der Waals surface area contributed by atoms with Gasteiger partial charge in [-0.05, 0) is 30.5 Å². The van der Waals surface area contributed by atoms with E-state index in [4.69, 9.17) is 0 Å². The summed E-state index contributed by atoms with van der Waals surface area (Å²) in [6.07, 6.45) is 0. The van der Waals surface area contributed by atoms with E-state index in [1.807, 2.05) is 41.8 Å². The fraction of sp³-hybridized carbons (Fsp3) is 0.312. The molecule has 3 nitrogen and oxygen atoms in total.